The van der Waals surface area contributed by atoms with Crippen molar-refractivity contribution in [2.45, 2.75) is 38.7 Å². The fraction of sp³-hybridized carbons (Fsp3) is 0.583. The van der Waals surface area contributed by atoms with Crippen LogP contribution >= 0.6 is 22.8 Å². The highest BCUT2D eigenvalue weighted by Crippen LogP contribution is 2.68. The standard InChI is InChI=1S/C12H19N2O14P3S/c1-6-4-14(12(17)13-11(6)16)10-3-8(25-7(2)15)9(26-10)5-24-31(23,32)28-30(21,22)27-29(18,19)20/h4,8-10H,3,5H2,1-2H3,(H,21,22)(H,23,32)(H,13,16,17)(H2,18,19,20)/p-4/t8-,9+,10+,31?/m0/s1. The molecule has 0 bridgehead atoms. The van der Waals surface area contributed by atoms with E-state index in [0.717, 1.165) is 11.5 Å². The van der Waals surface area contributed by atoms with Gasteiger partial charge in [-0.2, -0.15) is 4.52 Å². The van der Waals surface area contributed by atoms with Crippen molar-refractivity contribution in [1.82, 2.24) is 9.55 Å². The minimum atomic E-state index is -6.03. The van der Waals surface area contributed by atoms with Crippen LogP contribution in [0.5, 0.6) is 5.88 Å². The van der Waals surface area contributed by atoms with Gasteiger partial charge in [0.15, 0.2) is 0 Å². The summed E-state index contributed by atoms with van der Waals surface area (Å²) in [7, 11) is -16.7. The molecule has 0 aliphatic carbocycles. The molecule has 1 aromatic heterocycles. The summed E-state index contributed by atoms with van der Waals surface area (Å²) in [6.07, 6.45) is -2.35. The number of esters is 1. The first-order valence-electron chi connectivity index (χ1n) is 8.30. The Bertz CT molecular complexity index is 1010. The maximum Gasteiger partial charge on any atom is 0.349 e. The van der Waals surface area contributed by atoms with Gasteiger partial charge in [-0.3, -0.25) is 18.2 Å². The molecule has 1 aliphatic heterocycles. The van der Waals surface area contributed by atoms with Crippen LogP contribution in [0.1, 0.15) is 25.1 Å². The Morgan fingerprint density at radius 3 is 2.62 bits per heavy atom. The Morgan fingerprint density at radius 1 is 1.44 bits per heavy atom. The first kappa shape index (κ1) is 27.3. The van der Waals surface area contributed by atoms with Crippen LogP contribution in [0.25, 0.3) is 0 Å². The molecule has 1 aromatic rings. The predicted octanol–water partition coefficient (Wildman–Crippen LogP) is -2.59. The van der Waals surface area contributed by atoms with Gasteiger partial charge in [0.05, 0.1) is 7.82 Å². The van der Waals surface area contributed by atoms with E-state index in [4.69, 9.17) is 14.0 Å². The van der Waals surface area contributed by atoms with Crippen LogP contribution in [-0.2, 0) is 48.8 Å². The molecule has 0 amide bonds. The molecular weight excluding hydrogens is 521 g/mol. The molecule has 2 rings (SSSR count). The van der Waals surface area contributed by atoms with Crippen LogP contribution < -0.4 is 25.5 Å². The first-order valence-corrected chi connectivity index (χ1v) is 13.8. The van der Waals surface area contributed by atoms with Crippen LogP contribution in [0, 0.1) is 6.92 Å². The maximum atomic E-state index is 12.0. The van der Waals surface area contributed by atoms with E-state index < -0.39 is 65.4 Å². The lowest BCUT2D eigenvalue weighted by atomic mass is 10.2. The van der Waals surface area contributed by atoms with Gasteiger partial charge in [-0.25, -0.2) is 14.7 Å². The van der Waals surface area contributed by atoms with E-state index >= 15 is 0 Å². The Hall–Kier alpha value is -0.930. The fourth-order valence-corrected chi connectivity index (χ4v) is 6.39. The summed E-state index contributed by atoms with van der Waals surface area (Å²) < 4.78 is 45.2. The number of hydrogen-bond acceptors (Lipinski definition) is 16. The zero-order valence-corrected chi connectivity index (χ0v) is 19.6. The SMILES string of the molecule is CC(=O)O[C@H]1C[C@H](n2cc(C)c([O-])nc2=O)O[C@@H]1CO[P+](O)([S-])OP(=O)([O-])OP(=O)([O-])[O-]. The number of phosphoric acid groups is 2. The lowest BCUT2D eigenvalue weighted by molar-refractivity contribution is -0.339. The second-order valence-electron chi connectivity index (χ2n) is 6.25. The van der Waals surface area contributed by atoms with E-state index in [2.05, 4.69) is 25.9 Å². The summed E-state index contributed by atoms with van der Waals surface area (Å²) in [6.45, 7) is 1.72. The van der Waals surface area contributed by atoms with Gasteiger partial charge < -0.3 is 46.1 Å². The van der Waals surface area contributed by atoms with E-state index in [1.807, 2.05) is 0 Å². The third-order valence-electron chi connectivity index (χ3n) is 3.70. The molecular formula is C12H15N2O14P3S-4. The average Bonchev–Trinajstić information content (AvgIpc) is 2.95. The number of aryl methyl sites for hydroxylation is 1. The summed E-state index contributed by atoms with van der Waals surface area (Å²) in [5.74, 6) is -1.50. The van der Waals surface area contributed by atoms with Gasteiger partial charge in [-0.05, 0) is 18.4 Å². The average molecular weight is 536 g/mol. The van der Waals surface area contributed by atoms with Crippen molar-refractivity contribution in [3.63, 3.8) is 0 Å². The third-order valence-corrected chi connectivity index (χ3v) is 8.32. The van der Waals surface area contributed by atoms with Gasteiger partial charge >= 0.3 is 19.5 Å². The van der Waals surface area contributed by atoms with Gasteiger partial charge in [0.2, 0.25) is 0 Å². The Balaban J connectivity index is 2.14. The third kappa shape index (κ3) is 8.13. The molecule has 0 radical (unpaired) electrons. The van der Waals surface area contributed by atoms with Gasteiger partial charge in [-0.1, -0.05) is 0 Å². The van der Waals surface area contributed by atoms with Crippen molar-refractivity contribution >= 4 is 41.0 Å². The molecule has 0 saturated carbocycles. The number of aromatic nitrogens is 2. The molecule has 32 heavy (non-hydrogen) atoms. The van der Waals surface area contributed by atoms with Crippen molar-refractivity contribution in [3.05, 3.63) is 22.2 Å². The Morgan fingerprint density at radius 2 is 2.06 bits per heavy atom. The molecule has 1 aliphatic rings. The highest BCUT2D eigenvalue weighted by atomic mass is 32.7. The second-order valence-corrected chi connectivity index (χ2v) is 11.9. The maximum absolute atomic E-state index is 12.0. The van der Waals surface area contributed by atoms with Crippen molar-refractivity contribution in [2.75, 3.05) is 6.61 Å². The van der Waals surface area contributed by atoms with Crippen molar-refractivity contribution < 1.29 is 61.2 Å². The summed E-state index contributed by atoms with van der Waals surface area (Å²) in [6, 6.07) is 0. The van der Waals surface area contributed by atoms with Crippen molar-refractivity contribution in [3.8, 4) is 5.88 Å². The minimum Gasteiger partial charge on any atom is -0.858 e. The van der Waals surface area contributed by atoms with Crippen LogP contribution in [0.3, 0.4) is 0 Å². The number of nitrogens with zero attached hydrogens (tertiary/aromatic N) is 2. The van der Waals surface area contributed by atoms with Crippen LogP contribution in [0.4, 0.5) is 0 Å². The highest BCUT2D eigenvalue weighted by Gasteiger charge is 2.42. The molecule has 2 unspecified atom stereocenters. The van der Waals surface area contributed by atoms with Crippen molar-refractivity contribution in [2.24, 2.45) is 0 Å². The van der Waals surface area contributed by atoms with Crippen LogP contribution in [0.15, 0.2) is 11.0 Å². The van der Waals surface area contributed by atoms with Gasteiger partial charge in [0.25, 0.3) is 7.15 Å². The fourth-order valence-electron chi connectivity index (χ4n) is 2.57. The molecule has 182 valence electrons. The van der Waals surface area contributed by atoms with Crippen molar-refractivity contribution in [1.29, 1.82) is 0 Å². The molecule has 5 atom stereocenters. The molecule has 16 nitrogen and oxygen atoms in total. The molecule has 2 heterocycles. The van der Waals surface area contributed by atoms with Gasteiger partial charge in [-0.15, -0.1) is 4.31 Å². The zero-order valence-electron chi connectivity index (χ0n) is 16.1. The van der Waals surface area contributed by atoms with Crippen LogP contribution in [-0.4, -0.2) is 39.2 Å². The number of ether oxygens (including phenoxy) is 2. The van der Waals surface area contributed by atoms with E-state index in [1.165, 1.54) is 13.1 Å². The number of hydrogen-bond donors (Lipinski definition) is 1. The summed E-state index contributed by atoms with van der Waals surface area (Å²) in [4.78, 5) is 68.7. The monoisotopic (exact) mass is 536 g/mol. The van der Waals surface area contributed by atoms with Gasteiger partial charge in [0, 0.05) is 19.5 Å². The van der Waals surface area contributed by atoms with E-state index in [1.54, 1.807) is 0 Å². The largest absolute Gasteiger partial charge is 0.858 e. The van der Waals surface area contributed by atoms with E-state index in [-0.39, 0.29) is 12.0 Å². The summed E-state index contributed by atoms with van der Waals surface area (Å²) in [5.41, 5.74) is -0.829. The van der Waals surface area contributed by atoms with E-state index in [0.29, 0.717) is 0 Å². The van der Waals surface area contributed by atoms with Gasteiger partial charge in [0.1, 0.15) is 25.0 Å². The Kier molecular flexibility index (Phi) is 8.65. The lowest BCUT2D eigenvalue weighted by Crippen LogP contribution is -2.31. The molecule has 0 spiro atoms. The Labute approximate surface area is 185 Å². The number of carbonyl (C=O) groups is 1. The summed E-state index contributed by atoms with van der Waals surface area (Å²) >= 11 is 4.43. The summed E-state index contributed by atoms with van der Waals surface area (Å²) in [5, 5.41) is 11.5. The topological polar surface area (TPSA) is 245 Å². The second kappa shape index (κ2) is 10.1. The van der Waals surface area contributed by atoms with Crippen LogP contribution in [0.2, 0.25) is 0 Å². The highest BCUT2D eigenvalue weighted by molar-refractivity contribution is 8.36. The quantitative estimate of drug-likeness (QED) is 0.193. The lowest BCUT2D eigenvalue weighted by Gasteiger charge is -2.36. The number of carbonyl (C=O) groups excluding carboxylic acids is 1. The molecule has 1 N–H and O–H groups in total. The first-order chi connectivity index (χ1) is 14.5. The van der Waals surface area contributed by atoms with E-state index in [9.17, 15) is 43.4 Å². The zero-order chi connectivity index (χ0) is 24.5. The molecule has 0 aromatic carbocycles. The molecule has 1 saturated heterocycles. The normalized spacial score (nSPS) is 25.2. The number of rotatable bonds is 9. The minimum absolute atomic E-state index is 0.122. The molecule has 20 heteroatoms. The predicted molar refractivity (Wildman–Crippen MR) is 96.6 cm³/mol. The molecule has 1 fully saturated rings. The smallest absolute Gasteiger partial charge is 0.349 e.